The third-order valence-corrected chi connectivity index (χ3v) is 3.21. The summed E-state index contributed by atoms with van der Waals surface area (Å²) in [6.45, 7) is 2.80. The molecule has 1 N–H and O–H groups in total. The number of hydrogen-bond donors (Lipinski definition) is 1. The largest absolute Gasteiger partial charge is 0.374 e. The number of anilines is 1. The van der Waals surface area contributed by atoms with Gasteiger partial charge in [0.25, 0.3) is 0 Å². The zero-order chi connectivity index (χ0) is 10.3. The number of rotatable bonds is 3. The van der Waals surface area contributed by atoms with E-state index in [0.29, 0.717) is 24.1 Å². The van der Waals surface area contributed by atoms with Crippen molar-refractivity contribution in [1.29, 1.82) is 0 Å². The van der Waals surface area contributed by atoms with Crippen LogP contribution < -0.4 is 5.32 Å². The molecule has 15 heavy (non-hydrogen) atoms. The summed E-state index contributed by atoms with van der Waals surface area (Å²) in [5.74, 6) is 1.15. The smallest absolute Gasteiger partial charge is 0.321 e. The molecule has 3 rings (SSSR count). The maximum atomic E-state index is 5.77. The van der Waals surface area contributed by atoms with Gasteiger partial charge in [0, 0.05) is 6.54 Å². The summed E-state index contributed by atoms with van der Waals surface area (Å²) in [5.41, 5.74) is 0. The molecule has 2 aliphatic rings. The molecule has 3 heterocycles. The van der Waals surface area contributed by atoms with Gasteiger partial charge < -0.3 is 14.6 Å². The van der Waals surface area contributed by atoms with E-state index in [2.05, 4.69) is 15.5 Å². The fraction of sp³-hybridized carbons (Fsp3) is 0.800. The lowest BCUT2D eigenvalue weighted by Crippen LogP contribution is -2.15. The Kier molecular flexibility index (Phi) is 2.12. The molecule has 5 heteroatoms. The van der Waals surface area contributed by atoms with E-state index >= 15 is 0 Å². The van der Waals surface area contributed by atoms with Gasteiger partial charge in [-0.1, -0.05) is 5.16 Å². The van der Waals surface area contributed by atoms with Gasteiger partial charge in [0.15, 0.2) is 5.82 Å². The zero-order valence-corrected chi connectivity index (χ0v) is 8.77. The summed E-state index contributed by atoms with van der Waals surface area (Å²) in [4.78, 5) is 4.33. The lowest BCUT2D eigenvalue weighted by Gasteiger charge is -2.13. The normalized spacial score (nSPS) is 33.5. The highest BCUT2D eigenvalue weighted by atomic mass is 16.5. The molecule has 2 saturated heterocycles. The van der Waals surface area contributed by atoms with Crippen LogP contribution in [0.3, 0.4) is 0 Å². The fourth-order valence-corrected chi connectivity index (χ4v) is 2.52. The van der Waals surface area contributed by atoms with Crippen molar-refractivity contribution in [3.63, 3.8) is 0 Å². The molecule has 2 fully saturated rings. The SMILES string of the molecule is CCNc1nc(C2CC3CCC2O3)no1. The molecule has 3 unspecified atom stereocenters. The van der Waals surface area contributed by atoms with Crippen LogP contribution in [-0.4, -0.2) is 28.9 Å². The minimum absolute atomic E-state index is 0.321. The first-order chi connectivity index (χ1) is 7.36. The van der Waals surface area contributed by atoms with E-state index in [1.54, 1.807) is 0 Å². The maximum absolute atomic E-state index is 5.77. The van der Waals surface area contributed by atoms with Gasteiger partial charge in [-0.25, -0.2) is 0 Å². The van der Waals surface area contributed by atoms with Crippen LogP contribution in [-0.2, 0) is 4.74 Å². The molecule has 5 nitrogen and oxygen atoms in total. The number of ether oxygens (including phenoxy) is 1. The van der Waals surface area contributed by atoms with Crippen LogP contribution in [0.1, 0.15) is 37.9 Å². The molecule has 2 aliphatic heterocycles. The van der Waals surface area contributed by atoms with Gasteiger partial charge in [-0.05, 0) is 26.2 Å². The first kappa shape index (κ1) is 9.15. The highest BCUT2D eigenvalue weighted by molar-refractivity contribution is 5.20. The third-order valence-electron chi connectivity index (χ3n) is 3.21. The van der Waals surface area contributed by atoms with Gasteiger partial charge in [-0.2, -0.15) is 4.98 Å². The van der Waals surface area contributed by atoms with E-state index in [-0.39, 0.29) is 0 Å². The molecular weight excluding hydrogens is 194 g/mol. The quantitative estimate of drug-likeness (QED) is 0.818. The summed E-state index contributed by atoms with van der Waals surface area (Å²) in [6.07, 6.45) is 4.14. The molecule has 0 aliphatic carbocycles. The highest BCUT2D eigenvalue weighted by Gasteiger charge is 2.43. The van der Waals surface area contributed by atoms with E-state index in [0.717, 1.165) is 25.2 Å². The Bertz CT molecular complexity index is 352. The van der Waals surface area contributed by atoms with E-state index in [4.69, 9.17) is 9.26 Å². The average Bonchev–Trinajstić information content (AvgIpc) is 2.91. The first-order valence-electron chi connectivity index (χ1n) is 5.59. The van der Waals surface area contributed by atoms with E-state index in [9.17, 15) is 0 Å². The Labute approximate surface area is 88.2 Å². The second-order valence-electron chi connectivity index (χ2n) is 4.20. The Morgan fingerprint density at radius 3 is 3.07 bits per heavy atom. The fourth-order valence-electron chi connectivity index (χ4n) is 2.52. The Morgan fingerprint density at radius 1 is 1.47 bits per heavy atom. The summed E-state index contributed by atoms with van der Waals surface area (Å²) in [6, 6.07) is 0.523. The van der Waals surface area contributed by atoms with Gasteiger partial charge in [0.05, 0.1) is 18.1 Å². The van der Waals surface area contributed by atoms with Crippen LogP contribution in [0, 0.1) is 0 Å². The van der Waals surface area contributed by atoms with Crippen molar-refractivity contribution < 1.29 is 9.26 Å². The van der Waals surface area contributed by atoms with E-state index in [1.165, 1.54) is 6.42 Å². The maximum Gasteiger partial charge on any atom is 0.321 e. The minimum Gasteiger partial charge on any atom is -0.374 e. The molecule has 0 radical (unpaired) electrons. The Balaban J connectivity index is 1.75. The van der Waals surface area contributed by atoms with Crippen LogP contribution in [0.5, 0.6) is 0 Å². The van der Waals surface area contributed by atoms with Crippen molar-refractivity contribution in [1.82, 2.24) is 10.1 Å². The van der Waals surface area contributed by atoms with E-state index < -0.39 is 0 Å². The molecule has 1 aromatic heterocycles. The van der Waals surface area contributed by atoms with Gasteiger partial charge in [-0.15, -0.1) is 0 Å². The van der Waals surface area contributed by atoms with Crippen molar-refractivity contribution in [2.45, 2.75) is 44.3 Å². The standard InChI is InChI=1S/C10H15N3O2/c1-2-11-10-12-9(13-15-10)7-5-6-3-4-8(7)14-6/h6-8H,2-5H2,1H3,(H,11,12,13). The summed E-state index contributed by atoms with van der Waals surface area (Å²) in [7, 11) is 0. The molecule has 0 saturated carbocycles. The van der Waals surface area contributed by atoms with Gasteiger partial charge in [-0.3, -0.25) is 0 Å². The topological polar surface area (TPSA) is 60.2 Å². The second-order valence-corrected chi connectivity index (χ2v) is 4.20. The highest BCUT2D eigenvalue weighted by Crippen LogP contribution is 2.43. The average molecular weight is 209 g/mol. The molecule has 3 atom stereocenters. The predicted octanol–water partition coefficient (Wildman–Crippen LogP) is 1.54. The third kappa shape index (κ3) is 1.51. The molecular formula is C10H15N3O2. The molecule has 0 spiro atoms. The van der Waals surface area contributed by atoms with Crippen LogP contribution in [0.15, 0.2) is 4.52 Å². The monoisotopic (exact) mass is 209 g/mol. The van der Waals surface area contributed by atoms with Crippen LogP contribution in [0.4, 0.5) is 6.01 Å². The molecule has 0 aromatic carbocycles. The lowest BCUT2D eigenvalue weighted by molar-refractivity contribution is 0.0996. The molecule has 1 aromatic rings. The summed E-state index contributed by atoms with van der Waals surface area (Å²) in [5, 5.41) is 7.02. The number of nitrogens with zero attached hydrogens (tertiary/aromatic N) is 2. The molecule has 0 amide bonds. The first-order valence-corrected chi connectivity index (χ1v) is 5.59. The Morgan fingerprint density at radius 2 is 2.40 bits per heavy atom. The zero-order valence-electron chi connectivity index (χ0n) is 8.77. The van der Waals surface area contributed by atoms with Crippen molar-refractivity contribution in [2.75, 3.05) is 11.9 Å². The minimum atomic E-state index is 0.321. The van der Waals surface area contributed by atoms with Gasteiger partial charge in [0.1, 0.15) is 0 Å². The van der Waals surface area contributed by atoms with Gasteiger partial charge >= 0.3 is 6.01 Å². The Hall–Kier alpha value is -1.10. The number of nitrogens with one attached hydrogen (secondary N) is 1. The van der Waals surface area contributed by atoms with Gasteiger partial charge in [0.2, 0.25) is 0 Å². The molecule has 82 valence electrons. The van der Waals surface area contributed by atoms with Crippen molar-refractivity contribution >= 4 is 6.01 Å². The number of hydrogen-bond acceptors (Lipinski definition) is 5. The number of fused-ring (bicyclic) bond motifs is 2. The van der Waals surface area contributed by atoms with Crippen LogP contribution in [0.2, 0.25) is 0 Å². The second kappa shape index (κ2) is 3.48. The summed E-state index contributed by atoms with van der Waals surface area (Å²) < 4.78 is 10.9. The molecule has 2 bridgehead atoms. The predicted molar refractivity (Wildman–Crippen MR) is 53.7 cm³/mol. The van der Waals surface area contributed by atoms with Crippen LogP contribution >= 0.6 is 0 Å². The van der Waals surface area contributed by atoms with E-state index in [1.807, 2.05) is 6.92 Å². The van der Waals surface area contributed by atoms with Crippen molar-refractivity contribution in [3.8, 4) is 0 Å². The van der Waals surface area contributed by atoms with Crippen LogP contribution in [0.25, 0.3) is 0 Å². The number of aromatic nitrogens is 2. The van der Waals surface area contributed by atoms with Crippen molar-refractivity contribution in [2.24, 2.45) is 0 Å². The van der Waals surface area contributed by atoms with Crippen molar-refractivity contribution in [3.05, 3.63) is 5.82 Å². The summed E-state index contributed by atoms with van der Waals surface area (Å²) >= 11 is 0. The lowest BCUT2D eigenvalue weighted by atomic mass is 9.89.